The van der Waals surface area contributed by atoms with Crippen molar-refractivity contribution < 1.29 is 9.53 Å². The number of aryl methyl sites for hydroxylation is 1. The van der Waals surface area contributed by atoms with Gasteiger partial charge >= 0.3 is 0 Å². The van der Waals surface area contributed by atoms with Gasteiger partial charge in [0.1, 0.15) is 5.75 Å². The van der Waals surface area contributed by atoms with Crippen LogP contribution in [-0.2, 0) is 0 Å². The monoisotopic (exact) mass is 326 g/mol. The first-order valence-corrected chi connectivity index (χ1v) is 8.30. The van der Waals surface area contributed by atoms with Crippen molar-refractivity contribution in [2.24, 2.45) is 0 Å². The van der Waals surface area contributed by atoms with Crippen molar-refractivity contribution >= 4 is 17.3 Å². The summed E-state index contributed by atoms with van der Waals surface area (Å²) >= 11 is 0. The molecular weight excluding hydrogens is 300 g/mol. The first-order valence-electron chi connectivity index (χ1n) is 8.30. The van der Waals surface area contributed by atoms with Gasteiger partial charge in [-0.05, 0) is 44.5 Å². The molecule has 4 heteroatoms. The lowest BCUT2D eigenvalue weighted by atomic mass is 10.1. The summed E-state index contributed by atoms with van der Waals surface area (Å²) < 4.78 is 5.55. The van der Waals surface area contributed by atoms with Gasteiger partial charge in [-0.3, -0.25) is 4.79 Å². The Kier molecular flexibility index (Phi) is 5.85. The molecule has 0 N–H and O–H groups in total. The van der Waals surface area contributed by atoms with Crippen LogP contribution in [0.5, 0.6) is 5.75 Å². The van der Waals surface area contributed by atoms with Crippen LogP contribution in [0.1, 0.15) is 29.8 Å². The van der Waals surface area contributed by atoms with E-state index in [-0.39, 0.29) is 5.91 Å². The Morgan fingerprint density at radius 3 is 2.29 bits per heavy atom. The molecule has 24 heavy (non-hydrogen) atoms. The number of benzene rings is 2. The van der Waals surface area contributed by atoms with Gasteiger partial charge in [-0.2, -0.15) is 0 Å². The predicted octanol–water partition coefficient (Wildman–Crippen LogP) is 4.25. The van der Waals surface area contributed by atoms with Crippen molar-refractivity contribution in [2.45, 2.75) is 20.8 Å². The normalized spacial score (nSPS) is 10.4. The van der Waals surface area contributed by atoms with Crippen molar-refractivity contribution in [3.63, 3.8) is 0 Å². The maximum Gasteiger partial charge on any atom is 0.256 e. The summed E-state index contributed by atoms with van der Waals surface area (Å²) in [7, 11) is 3.61. The van der Waals surface area contributed by atoms with E-state index in [9.17, 15) is 4.79 Å². The number of carbonyl (C=O) groups excluding carboxylic acids is 1. The Morgan fingerprint density at radius 1 is 1.04 bits per heavy atom. The van der Waals surface area contributed by atoms with Gasteiger partial charge in [0.25, 0.3) is 5.91 Å². The number of anilines is 2. The number of hydrogen-bond acceptors (Lipinski definition) is 3. The fourth-order valence-corrected chi connectivity index (χ4v) is 2.95. The number of rotatable bonds is 6. The summed E-state index contributed by atoms with van der Waals surface area (Å²) in [5.41, 5.74) is 3.65. The average molecular weight is 326 g/mol. The van der Waals surface area contributed by atoms with E-state index in [1.807, 2.05) is 67.1 Å². The van der Waals surface area contributed by atoms with E-state index in [0.29, 0.717) is 24.4 Å². The van der Waals surface area contributed by atoms with E-state index >= 15 is 0 Å². The molecule has 2 aromatic rings. The van der Waals surface area contributed by atoms with Gasteiger partial charge in [-0.25, -0.2) is 0 Å². The van der Waals surface area contributed by atoms with Crippen LogP contribution in [-0.4, -0.2) is 38.1 Å². The highest BCUT2D eigenvalue weighted by Gasteiger charge is 2.23. The molecule has 0 saturated heterocycles. The minimum absolute atomic E-state index is 0.0225. The third kappa shape index (κ3) is 3.37. The Morgan fingerprint density at radius 2 is 1.71 bits per heavy atom. The molecule has 2 aromatic carbocycles. The second-order valence-electron chi connectivity index (χ2n) is 5.68. The van der Waals surface area contributed by atoms with E-state index in [2.05, 4.69) is 13.0 Å². The first kappa shape index (κ1) is 17.9. The Bertz CT molecular complexity index is 709. The summed E-state index contributed by atoms with van der Waals surface area (Å²) in [6.45, 7) is 7.41. The molecule has 0 atom stereocenters. The fourth-order valence-electron chi connectivity index (χ4n) is 2.95. The number of ether oxygens (including phenoxy) is 1. The highest BCUT2D eigenvalue weighted by molar-refractivity contribution is 6.02. The molecule has 0 aliphatic heterocycles. The van der Waals surface area contributed by atoms with Crippen molar-refractivity contribution in [3.05, 3.63) is 53.6 Å². The van der Waals surface area contributed by atoms with Crippen molar-refractivity contribution in [2.75, 3.05) is 32.1 Å². The van der Waals surface area contributed by atoms with E-state index in [1.54, 1.807) is 7.11 Å². The molecule has 4 nitrogen and oxygen atoms in total. The van der Waals surface area contributed by atoms with E-state index in [0.717, 1.165) is 16.9 Å². The minimum Gasteiger partial charge on any atom is -0.495 e. The molecule has 2 rings (SSSR count). The van der Waals surface area contributed by atoms with Crippen LogP contribution in [0.25, 0.3) is 0 Å². The van der Waals surface area contributed by atoms with E-state index < -0.39 is 0 Å². The van der Waals surface area contributed by atoms with Gasteiger partial charge in [-0.1, -0.05) is 24.3 Å². The molecular formula is C20H26N2O2. The Balaban J connectivity index is 2.59. The molecule has 128 valence electrons. The molecule has 0 heterocycles. The molecule has 0 spiro atoms. The number of nitrogens with zero attached hydrogens (tertiary/aromatic N) is 2. The van der Waals surface area contributed by atoms with Gasteiger partial charge < -0.3 is 14.5 Å². The topological polar surface area (TPSA) is 32.8 Å². The maximum absolute atomic E-state index is 13.0. The Labute approximate surface area is 144 Å². The van der Waals surface area contributed by atoms with Crippen LogP contribution in [0.3, 0.4) is 0 Å². The van der Waals surface area contributed by atoms with Crippen LogP contribution >= 0.6 is 0 Å². The smallest absolute Gasteiger partial charge is 0.256 e. The van der Waals surface area contributed by atoms with Crippen molar-refractivity contribution in [3.8, 4) is 5.75 Å². The largest absolute Gasteiger partial charge is 0.495 e. The molecule has 0 aliphatic rings. The lowest BCUT2D eigenvalue weighted by Gasteiger charge is -2.28. The van der Waals surface area contributed by atoms with Crippen LogP contribution < -0.4 is 9.64 Å². The first-order chi connectivity index (χ1) is 11.5. The Hall–Kier alpha value is -2.49. The zero-order valence-electron chi connectivity index (χ0n) is 15.2. The van der Waals surface area contributed by atoms with Gasteiger partial charge in [0.05, 0.1) is 18.4 Å². The summed E-state index contributed by atoms with van der Waals surface area (Å²) in [4.78, 5) is 16.8. The lowest BCUT2D eigenvalue weighted by Crippen LogP contribution is -2.31. The molecule has 0 aromatic heterocycles. The average Bonchev–Trinajstić information content (AvgIpc) is 2.61. The van der Waals surface area contributed by atoms with Crippen LogP contribution in [0, 0.1) is 6.92 Å². The zero-order chi connectivity index (χ0) is 17.7. The molecule has 0 aliphatic carbocycles. The SMILES string of the molecule is CCN(CC)C(=O)c1cccc(OC)c1N(C)c1ccccc1C. The van der Waals surface area contributed by atoms with Crippen LogP contribution in [0.2, 0.25) is 0 Å². The third-order valence-electron chi connectivity index (χ3n) is 4.31. The van der Waals surface area contributed by atoms with Gasteiger partial charge in [0.15, 0.2) is 0 Å². The van der Waals surface area contributed by atoms with Crippen molar-refractivity contribution in [1.29, 1.82) is 0 Å². The quantitative estimate of drug-likeness (QED) is 0.795. The molecule has 0 unspecified atom stereocenters. The predicted molar refractivity (Wildman–Crippen MR) is 99.5 cm³/mol. The van der Waals surface area contributed by atoms with E-state index in [1.165, 1.54) is 0 Å². The van der Waals surface area contributed by atoms with Crippen LogP contribution in [0.15, 0.2) is 42.5 Å². The number of amides is 1. The molecule has 0 radical (unpaired) electrons. The summed E-state index contributed by atoms with van der Waals surface area (Å²) in [5, 5.41) is 0. The molecule has 0 fully saturated rings. The molecule has 1 amide bonds. The number of para-hydroxylation sites is 2. The third-order valence-corrected chi connectivity index (χ3v) is 4.31. The maximum atomic E-state index is 13.0. The number of carbonyl (C=O) groups is 1. The highest BCUT2D eigenvalue weighted by atomic mass is 16.5. The summed E-state index contributed by atoms with van der Waals surface area (Å²) in [6.07, 6.45) is 0. The summed E-state index contributed by atoms with van der Waals surface area (Å²) in [6, 6.07) is 13.7. The van der Waals surface area contributed by atoms with Gasteiger partial charge in [0, 0.05) is 25.8 Å². The van der Waals surface area contributed by atoms with E-state index in [4.69, 9.17) is 4.74 Å². The highest BCUT2D eigenvalue weighted by Crippen LogP contribution is 2.37. The zero-order valence-corrected chi connectivity index (χ0v) is 15.2. The van der Waals surface area contributed by atoms with Gasteiger partial charge in [0.2, 0.25) is 0 Å². The second-order valence-corrected chi connectivity index (χ2v) is 5.68. The van der Waals surface area contributed by atoms with Gasteiger partial charge in [-0.15, -0.1) is 0 Å². The second kappa shape index (κ2) is 7.86. The standard InChI is InChI=1S/C20H26N2O2/c1-6-22(7-2)20(23)16-12-10-14-18(24-5)19(16)21(4)17-13-9-8-11-15(17)3/h8-14H,6-7H2,1-5H3. The minimum atomic E-state index is 0.0225. The molecule has 0 saturated carbocycles. The van der Waals surface area contributed by atoms with Crippen molar-refractivity contribution in [1.82, 2.24) is 4.90 Å². The lowest BCUT2D eigenvalue weighted by molar-refractivity contribution is 0.0773. The molecule has 0 bridgehead atoms. The summed E-state index contributed by atoms with van der Waals surface area (Å²) in [5.74, 6) is 0.716. The number of hydrogen-bond donors (Lipinski definition) is 0. The number of methoxy groups -OCH3 is 1. The van der Waals surface area contributed by atoms with Crippen LogP contribution in [0.4, 0.5) is 11.4 Å². The fraction of sp³-hybridized carbons (Fsp3) is 0.350.